The van der Waals surface area contributed by atoms with E-state index in [0.717, 1.165) is 11.0 Å². The Morgan fingerprint density at radius 3 is 2.62 bits per heavy atom. The van der Waals surface area contributed by atoms with Crippen molar-refractivity contribution in [3.8, 4) is 0 Å². The smallest absolute Gasteiger partial charge is 0.233 e. The van der Waals surface area contributed by atoms with E-state index in [2.05, 4.69) is 4.72 Å². The summed E-state index contributed by atoms with van der Waals surface area (Å²) in [5.41, 5.74) is 6.52. The van der Waals surface area contributed by atoms with Gasteiger partial charge in [-0.25, -0.2) is 12.8 Å². The Morgan fingerprint density at radius 2 is 1.90 bits per heavy atom. The second-order valence-corrected chi connectivity index (χ2v) is 7.36. The molecule has 7 heteroatoms. The van der Waals surface area contributed by atoms with Crippen LogP contribution in [0.2, 0.25) is 0 Å². The van der Waals surface area contributed by atoms with Crippen molar-refractivity contribution in [3.05, 3.63) is 54.3 Å². The lowest BCUT2D eigenvalue weighted by molar-refractivity contribution is 0.602. The van der Waals surface area contributed by atoms with E-state index in [1.807, 2.05) is 12.1 Å². The van der Waals surface area contributed by atoms with Gasteiger partial charge in [-0.05, 0) is 36.4 Å². The molecule has 0 fully saturated rings. The third-order valence-corrected chi connectivity index (χ3v) is 5.12. The average Bonchev–Trinajstić information content (AvgIpc) is 2.38. The van der Waals surface area contributed by atoms with E-state index in [0.29, 0.717) is 11.4 Å². The van der Waals surface area contributed by atoms with Crippen LogP contribution in [0, 0.1) is 5.82 Å². The summed E-state index contributed by atoms with van der Waals surface area (Å²) in [6.45, 7) is 0. The highest BCUT2D eigenvalue weighted by molar-refractivity contribution is 8.01. The van der Waals surface area contributed by atoms with Gasteiger partial charge in [0.05, 0.1) is 11.4 Å². The lowest BCUT2D eigenvalue weighted by atomic mass is 10.3. The van der Waals surface area contributed by atoms with Gasteiger partial charge in [-0.15, -0.1) is 11.8 Å². The zero-order valence-corrected chi connectivity index (χ0v) is 12.8. The van der Waals surface area contributed by atoms with E-state index < -0.39 is 15.8 Å². The van der Waals surface area contributed by atoms with Crippen LogP contribution in [0.1, 0.15) is 0 Å². The lowest BCUT2D eigenvalue weighted by Crippen LogP contribution is -2.18. The van der Waals surface area contributed by atoms with Crippen molar-refractivity contribution >= 4 is 33.2 Å². The molecule has 0 bridgehead atoms. The molecule has 0 aliphatic heterocycles. The van der Waals surface area contributed by atoms with Crippen LogP contribution in [0.4, 0.5) is 15.8 Å². The first kappa shape index (κ1) is 15.7. The first-order valence-electron chi connectivity index (χ1n) is 6.19. The maximum absolute atomic E-state index is 13.0. The van der Waals surface area contributed by atoms with Gasteiger partial charge in [0, 0.05) is 16.3 Å². The number of hydrogen-bond donors (Lipinski definition) is 2. The quantitative estimate of drug-likeness (QED) is 0.632. The van der Waals surface area contributed by atoms with Crippen LogP contribution in [0.15, 0.2) is 53.4 Å². The highest BCUT2D eigenvalue weighted by Gasteiger charge is 2.11. The summed E-state index contributed by atoms with van der Waals surface area (Å²) in [4.78, 5) is 0.913. The number of sulfonamides is 1. The van der Waals surface area contributed by atoms with Crippen molar-refractivity contribution in [1.29, 1.82) is 0 Å². The minimum atomic E-state index is -3.50. The molecule has 112 valence electrons. The molecular formula is C14H15FN2O2S2. The number of nitrogen functional groups attached to an aromatic ring is 1. The highest BCUT2D eigenvalue weighted by Crippen LogP contribution is 2.20. The number of anilines is 2. The normalized spacial score (nSPS) is 11.3. The molecule has 4 nitrogen and oxygen atoms in total. The molecule has 0 spiro atoms. The number of halogens is 1. The standard InChI is InChI=1S/C14H15FN2O2S2/c15-11-3-1-5-13(9-11)17-21(18,19)8-7-20-14-6-2-4-12(16)10-14/h1-6,9-10,17H,7-8,16H2. The molecule has 0 radical (unpaired) electrons. The minimum Gasteiger partial charge on any atom is -0.399 e. The van der Waals surface area contributed by atoms with E-state index in [4.69, 9.17) is 5.73 Å². The summed E-state index contributed by atoms with van der Waals surface area (Å²) in [5, 5.41) is 0. The molecule has 0 heterocycles. The highest BCUT2D eigenvalue weighted by atomic mass is 32.2. The molecule has 2 rings (SSSR count). The Kier molecular flexibility index (Phi) is 5.08. The van der Waals surface area contributed by atoms with Crippen molar-refractivity contribution in [2.75, 3.05) is 22.0 Å². The Morgan fingerprint density at radius 1 is 1.14 bits per heavy atom. The number of thioether (sulfide) groups is 1. The Labute approximate surface area is 127 Å². The fraction of sp³-hybridized carbons (Fsp3) is 0.143. The van der Waals surface area contributed by atoms with Crippen LogP contribution in [0.3, 0.4) is 0 Å². The molecule has 2 aromatic carbocycles. The predicted molar refractivity (Wildman–Crippen MR) is 85.4 cm³/mol. The fourth-order valence-electron chi connectivity index (χ4n) is 1.66. The van der Waals surface area contributed by atoms with E-state index in [1.54, 1.807) is 12.1 Å². The molecule has 0 saturated carbocycles. The predicted octanol–water partition coefficient (Wildman–Crippen LogP) is 2.94. The largest absolute Gasteiger partial charge is 0.399 e. The summed E-state index contributed by atoms with van der Waals surface area (Å²) in [6.07, 6.45) is 0. The van der Waals surface area contributed by atoms with E-state index in [1.165, 1.54) is 30.0 Å². The van der Waals surface area contributed by atoms with Crippen molar-refractivity contribution in [2.45, 2.75) is 4.90 Å². The van der Waals surface area contributed by atoms with Crippen LogP contribution in [0.5, 0.6) is 0 Å². The molecule has 0 aromatic heterocycles. The average molecular weight is 326 g/mol. The molecular weight excluding hydrogens is 311 g/mol. The second-order valence-electron chi connectivity index (χ2n) is 4.35. The number of nitrogens with two attached hydrogens (primary N) is 1. The first-order chi connectivity index (χ1) is 9.94. The van der Waals surface area contributed by atoms with Crippen LogP contribution in [0.25, 0.3) is 0 Å². The summed E-state index contributed by atoms with van der Waals surface area (Å²) in [6, 6.07) is 12.6. The van der Waals surface area contributed by atoms with Gasteiger partial charge in [-0.3, -0.25) is 4.72 Å². The van der Waals surface area contributed by atoms with Gasteiger partial charge in [0.1, 0.15) is 5.82 Å². The van der Waals surface area contributed by atoms with Crippen LogP contribution >= 0.6 is 11.8 Å². The lowest BCUT2D eigenvalue weighted by Gasteiger charge is -2.08. The number of nitrogens with one attached hydrogen (secondary N) is 1. The van der Waals surface area contributed by atoms with Crippen LogP contribution in [-0.4, -0.2) is 19.9 Å². The van der Waals surface area contributed by atoms with Gasteiger partial charge >= 0.3 is 0 Å². The van der Waals surface area contributed by atoms with Gasteiger partial charge in [0.2, 0.25) is 10.0 Å². The molecule has 0 atom stereocenters. The zero-order chi connectivity index (χ0) is 15.3. The van der Waals surface area contributed by atoms with Crippen molar-refractivity contribution < 1.29 is 12.8 Å². The third-order valence-electron chi connectivity index (χ3n) is 2.58. The topological polar surface area (TPSA) is 72.2 Å². The monoisotopic (exact) mass is 326 g/mol. The van der Waals surface area contributed by atoms with Gasteiger partial charge < -0.3 is 5.73 Å². The van der Waals surface area contributed by atoms with Gasteiger partial charge in [-0.1, -0.05) is 12.1 Å². The molecule has 3 N–H and O–H groups in total. The second kappa shape index (κ2) is 6.82. The van der Waals surface area contributed by atoms with E-state index in [9.17, 15) is 12.8 Å². The minimum absolute atomic E-state index is 0.0665. The maximum Gasteiger partial charge on any atom is 0.233 e. The van der Waals surface area contributed by atoms with Gasteiger partial charge in [0.25, 0.3) is 0 Å². The van der Waals surface area contributed by atoms with Crippen molar-refractivity contribution in [1.82, 2.24) is 0 Å². The SMILES string of the molecule is Nc1cccc(SCCS(=O)(=O)Nc2cccc(F)c2)c1. The first-order valence-corrected chi connectivity index (χ1v) is 8.83. The van der Waals surface area contributed by atoms with E-state index >= 15 is 0 Å². The summed E-state index contributed by atoms with van der Waals surface area (Å²) < 4.78 is 39.1. The molecule has 0 aliphatic carbocycles. The molecule has 21 heavy (non-hydrogen) atoms. The van der Waals surface area contributed by atoms with Crippen LogP contribution < -0.4 is 10.5 Å². The maximum atomic E-state index is 13.0. The summed E-state index contributed by atoms with van der Waals surface area (Å²) in [5.74, 6) is -0.166. The van der Waals surface area contributed by atoms with Crippen molar-refractivity contribution in [3.63, 3.8) is 0 Å². The van der Waals surface area contributed by atoms with Crippen LogP contribution in [-0.2, 0) is 10.0 Å². The van der Waals surface area contributed by atoms with Gasteiger partial charge in [0.15, 0.2) is 0 Å². The molecule has 2 aromatic rings. The fourth-order valence-corrected chi connectivity index (χ4v) is 4.09. The molecule has 0 aliphatic rings. The molecule has 0 unspecified atom stereocenters. The zero-order valence-electron chi connectivity index (χ0n) is 11.1. The molecule has 0 amide bonds. The Bertz CT molecular complexity index is 720. The number of hydrogen-bond acceptors (Lipinski definition) is 4. The van der Waals surface area contributed by atoms with E-state index in [-0.39, 0.29) is 11.4 Å². The molecule has 0 saturated heterocycles. The summed E-state index contributed by atoms with van der Waals surface area (Å²) >= 11 is 1.40. The number of rotatable bonds is 6. The third kappa shape index (κ3) is 5.28. The number of benzene rings is 2. The van der Waals surface area contributed by atoms with Crippen molar-refractivity contribution in [2.24, 2.45) is 0 Å². The Hall–Kier alpha value is -1.73. The Balaban J connectivity index is 1.90. The van der Waals surface area contributed by atoms with Gasteiger partial charge in [-0.2, -0.15) is 0 Å². The summed E-state index contributed by atoms with van der Waals surface area (Å²) in [7, 11) is -3.50.